The fourth-order valence-electron chi connectivity index (χ4n) is 3.09. The van der Waals surface area contributed by atoms with Crippen LogP contribution in [0, 0.1) is 0 Å². The van der Waals surface area contributed by atoms with Crippen molar-refractivity contribution in [3.8, 4) is 11.3 Å². The number of anilines is 2. The SMILES string of the molecule is c1ccc(Cn2cc(Nc3cc(-c4ccccc4)nc4ncnn34)cn2)cc1. The molecule has 2 aromatic carbocycles. The largest absolute Gasteiger partial charge is 0.337 e. The molecule has 5 aromatic rings. The number of rotatable bonds is 5. The molecule has 28 heavy (non-hydrogen) atoms. The van der Waals surface area contributed by atoms with Gasteiger partial charge in [-0.15, -0.1) is 0 Å². The highest BCUT2D eigenvalue weighted by Crippen LogP contribution is 2.23. The second kappa shape index (κ2) is 6.96. The van der Waals surface area contributed by atoms with Crippen LogP contribution in [-0.4, -0.2) is 29.4 Å². The first-order valence-electron chi connectivity index (χ1n) is 8.95. The molecule has 0 atom stereocenters. The molecule has 0 spiro atoms. The lowest BCUT2D eigenvalue weighted by Gasteiger charge is -2.08. The van der Waals surface area contributed by atoms with E-state index in [1.807, 2.05) is 65.5 Å². The van der Waals surface area contributed by atoms with Gasteiger partial charge in [0.1, 0.15) is 12.1 Å². The Balaban J connectivity index is 1.46. The minimum Gasteiger partial charge on any atom is -0.337 e. The molecule has 7 nitrogen and oxygen atoms in total. The summed E-state index contributed by atoms with van der Waals surface area (Å²) in [5.74, 6) is 1.32. The smallest absolute Gasteiger partial charge is 0.254 e. The molecule has 0 unspecified atom stereocenters. The van der Waals surface area contributed by atoms with Gasteiger partial charge in [0.05, 0.1) is 24.1 Å². The number of benzene rings is 2. The van der Waals surface area contributed by atoms with Crippen LogP contribution in [0.1, 0.15) is 5.56 Å². The first-order valence-corrected chi connectivity index (χ1v) is 8.95. The Morgan fingerprint density at radius 2 is 1.68 bits per heavy atom. The summed E-state index contributed by atoms with van der Waals surface area (Å²) >= 11 is 0. The Labute approximate surface area is 161 Å². The van der Waals surface area contributed by atoms with E-state index in [1.165, 1.54) is 11.9 Å². The van der Waals surface area contributed by atoms with Gasteiger partial charge in [0.25, 0.3) is 5.78 Å². The van der Waals surface area contributed by atoms with Crippen LogP contribution in [0.25, 0.3) is 17.0 Å². The van der Waals surface area contributed by atoms with Crippen molar-refractivity contribution in [2.45, 2.75) is 6.54 Å². The van der Waals surface area contributed by atoms with Crippen molar-refractivity contribution < 1.29 is 0 Å². The second-order valence-electron chi connectivity index (χ2n) is 6.40. The van der Waals surface area contributed by atoms with Crippen LogP contribution >= 0.6 is 0 Å². The molecule has 3 aromatic heterocycles. The first-order chi connectivity index (χ1) is 13.8. The highest BCUT2D eigenvalue weighted by Gasteiger charge is 2.10. The van der Waals surface area contributed by atoms with Crippen molar-refractivity contribution in [3.05, 3.63) is 91.0 Å². The van der Waals surface area contributed by atoms with E-state index in [4.69, 9.17) is 0 Å². The minimum atomic E-state index is 0.542. The van der Waals surface area contributed by atoms with E-state index in [9.17, 15) is 0 Å². The fourth-order valence-corrected chi connectivity index (χ4v) is 3.09. The highest BCUT2D eigenvalue weighted by atomic mass is 15.4. The zero-order valence-corrected chi connectivity index (χ0v) is 15.0. The highest BCUT2D eigenvalue weighted by molar-refractivity contribution is 5.67. The van der Waals surface area contributed by atoms with Crippen LogP contribution in [-0.2, 0) is 6.54 Å². The Morgan fingerprint density at radius 3 is 2.50 bits per heavy atom. The first kappa shape index (κ1) is 16.2. The van der Waals surface area contributed by atoms with Gasteiger partial charge in [-0.05, 0) is 5.56 Å². The third-order valence-electron chi connectivity index (χ3n) is 4.41. The van der Waals surface area contributed by atoms with Crippen LogP contribution in [0.4, 0.5) is 11.5 Å². The predicted octanol–water partition coefficient (Wildman–Crippen LogP) is 3.78. The fraction of sp³-hybridized carbons (Fsp3) is 0.0476. The maximum Gasteiger partial charge on any atom is 0.254 e. The summed E-state index contributed by atoms with van der Waals surface area (Å²) in [6.45, 7) is 0.715. The van der Waals surface area contributed by atoms with Crippen molar-refractivity contribution in [1.82, 2.24) is 29.4 Å². The third-order valence-corrected chi connectivity index (χ3v) is 4.41. The second-order valence-corrected chi connectivity index (χ2v) is 6.40. The molecule has 0 aliphatic heterocycles. The van der Waals surface area contributed by atoms with Crippen molar-refractivity contribution >= 4 is 17.3 Å². The maximum absolute atomic E-state index is 4.60. The van der Waals surface area contributed by atoms with Gasteiger partial charge < -0.3 is 5.32 Å². The summed E-state index contributed by atoms with van der Waals surface area (Å²) in [4.78, 5) is 8.85. The van der Waals surface area contributed by atoms with E-state index in [-0.39, 0.29) is 0 Å². The normalized spacial score (nSPS) is 11.0. The molecule has 0 bridgehead atoms. The Kier molecular flexibility index (Phi) is 4.02. The molecule has 0 radical (unpaired) electrons. The van der Waals surface area contributed by atoms with E-state index < -0.39 is 0 Å². The van der Waals surface area contributed by atoms with Gasteiger partial charge in [-0.3, -0.25) is 4.68 Å². The molecular weight excluding hydrogens is 350 g/mol. The van der Waals surface area contributed by atoms with Gasteiger partial charge in [-0.2, -0.15) is 19.7 Å². The average Bonchev–Trinajstić information content (AvgIpc) is 3.39. The number of fused-ring (bicyclic) bond motifs is 1. The zero-order chi connectivity index (χ0) is 18.8. The van der Waals surface area contributed by atoms with Gasteiger partial charge in [0.15, 0.2) is 0 Å². The van der Waals surface area contributed by atoms with Crippen LogP contribution in [0.15, 0.2) is 85.5 Å². The Morgan fingerprint density at radius 1 is 0.893 bits per heavy atom. The summed E-state index contributed by atoms with van der Waals surface area (Å²) in [7, 11) is 0. The summed E-state index contributed by atoms with van der Waals surface area (Å²) in [5.41, 5.74) is 3.93. The molecule has 0 saturated carbocycles. The van der Waals surface area contributed by atoms with Crippen molar-refractivity contribution in [3.63, 3.8) is 0 Å². The third kappa shape index (κ3) is 3.21. The number of hydrogen-bond acceptors (Lipinski definition) is 5. The summed E-state index contributed by atoms with van der Waals surface area (Å²) in [5, 5.41) is 12.1. The predicted molar refractivity (Wildman–Crippen MR) is 107 cm³/mol. The van der Waals surface area contributed by atoms with Crippen molar-refractivity contribution in [2.75, 3.05) is 5.32 Å². The van der Waals surface area contributed by atoms with E-state index >= 15 is 0 Å². The number of nitrogens with zero attached hydrogens (tertiary/aromatic N) is 6. The van der Waals surface area contributed by atoms with Crippen molar-refractivity contribution in [2.24, 2.45) is 0 Å². The summed E-state index contributed by atoms with van der Waals surface area (Å²) in [6, 6.07) is 22.2. The Hall–Kier alpha value is -4.00. The molecular formula is C21H17N7. The Bertz CT molecular complexity index is 1210. The molecule has 0 aliphatic rings. The van der Waals surface area contributed by atoms with E-state index in [2.05, 4.69) is 37.6 Å². The lowest BCUT2D eigenvalue weighted by atomic mass is 10.1. The molecule has 5 rings (SSSR count). The van der Waals surface area contributed by atoms with Gasteiger partial charge in [-0.1, -0.05) is 60.7 Å². The average molecular weight is 367 g/mol. The number of aromatic nitrogens is 6. The maximum atomic E-state index is 4.60. The number of hydrogen-bond donors (Lipinski definition) is 1. The zero-order valence-electron chi connectivity index (χ0n) is 15.0. The van der Waals surface area contributed by atoms with Crippen LogP contribution < -0.4 is 5.32 Å². The molecule has 0 amide bonds. The molecule has 7 heteroatoms. The van der Waals surface area contributed by atoms with Crippen LogP contribution in [0.2, 0.25) is 0 Å². The summed E-state index contributed by atoms with van der Waals surface area (Å²) in [6.07, 6.45) is 5.27. The molecule has 3 heterocycles. The van der Waals surface area contributed by atoms with Crippen molar-refractivity contribution in [1.29, 1.82) is 0 Å². The summed E-state index contributed by atoms with van der Waals surface area (Å²) < 4.78 is 3.58. The number of nitrogens with one attached hydrogen (secondary N) is 1. The van der Waals surface area contributed by atoms with Gasteiger partial charge in [0.2, 0.25) is 0 Å². The van der Waals surface area contributed by atoms with Crippen LogP contribution in [0.3, 0.4) is 0 Å². The van der Waals surface area contributed by atoms with Gasteiger partial charge >= 0.3 is 0 Å². The minimum absolute atomic E-state index is 0.542. The molecule has 136 valence electrons. The lowest BCUT2D eigenvalue weighted by molar-refractivity contribution is 0.687. The van der Waals surface area contributed by atoms with Gasteiger partial charge in [-0.25, -0.2) is 4.98 Å². The van der Waals surface area contributed by atoms with E-state index in [0.29, 0.717) is 12.3 Å². The van der Waals surface area contributed by atoms with E-state index in [1.54, 1.807) is 10.7 Å². The molecule has 0 fully saturated rings. The molecule has 0 aliphatic carbocycles. The van der Waals surface area contributed by atoms with E-state index in [0.717, 1.165) is 22.8 Å². The topological polar surface area (TPSA) is 72.9 Å². The molecule has 0 saturated heterocycles. The monoisotopic (exact) mass is 367 g/mol. The quantitative estimate of drug-likeness (QED) is 0.512. The lowest BCUT2D eigenvalue weighted by Crippen LogP contribution is -2.02. The van der Waals surface area contributed by atoms with Crippen LogP contribution in [0.5, 0.6) is 0 Å². The van der Waals surface area contributed by atoms with Gasteiger partial charge in [0, 0.05) is 17.8 Å². The standard InChI is InChI=1S/C21H17N7/c1-3-7-16(8-4-1)13-27-14-18(12-23-27)25-20-11-19(17-9-5-2-6-10-17)26-21-22-15-24-28(20)21/h1-12,14-15,25H,13H2. The molecule has 1 N–H and O–H groups in total.